The SMILES string of the molecule is O=C(O)CCCN1C(=O)/C(=C\Cc2ccccc2)SC1=S. The zero-order valence-corrected chi connectivity index (χ0v) is 13.0. The molecule has 0 radical (unpaired) electrons. The van der Waals surface area contributed by atoms with Gasteiger partial charge in [-0.25, -0.2) is 0 Å². The van der Waals surface area contributed by atoms with Gasteiger partial charge in [0, 0.05) is 13.0 Å². The minimum Gasteiger partial charge on any atom is -0.481 e. The number of allylic oxidation sites excluding steroid dienone is 1. The lowest BCUT2D eigenvalue weighted by atomic mass is 10.1. The molecule has 1 aliphatic heterocycles. The number of nitrogens with zero attached hydrogens (tertiary/aromatic N) is 1. The van der Waals surface area contributed by atoms with E-state index in [9.17, 15) is 9.59 Å². The zero-order chi connectivity index (χ0) is 15.2. The molecule has 1 saturated heterocycles. The van der Waals surface area contributed by atoms with Gasteiger partial charge in [0.25, 0.3) is 5.91 Å². The van der Waals surface area contributed by atoms with Gasteiger partial charge in [-0.15, -0.1) is 0 Å². The van der Waals surface area contributed by atoms with Crippen LogP contribution in [0.5, 0.6) is 0 Å². The molecule has 0 aromatic heterocycles. The van der Waals surface area contributed by atoms with E-state index in [1.165, 1.54) is 16.7 Å². The van der Waals surface area contributed by atoms with E-state index in [2.05, 4.69) is 0 Å². The summed E-state index contributed by atoms with van der Waals surface area (Å²) in [4.78, 5) is 24.8. The van der Waals surface area contributed by atoms with E-state index in [1.807, 2.05) is 36.4 Å². The van der Waals surface area contributed by atoms with E-state index >= 15 is 0 Å². The van der Waals surface area contributed by atoms with E-state index in [-0.39, 0.29) is 12.3 Å². The molecule has 1 fully saturated rings. The van der Waals surface area contributed by atoms with Gasteiger partial charge in [-0.05, 0) is 18.4 Å². The van der Waals surface area contributed by atoms with Gasteiger partial charge in [0.15, 0.2) is 0 Å². The molecule has 1 amide bonds. The smallest absolute Gasteiger partial charge is 0.303 e. The minimum absolute atomic E-state index is 0.0418. The summed E-state index contributed by atoms with van der Waals surface area (Å²) in [6.07, 6.45) is 3.01. The molecule has 0 unspecified atom stereocenters. The predicted molar refractivity (Wildman–Crippen MR) is 87.0 cm³/mol. The fourth-order valence-electron chi connectivity index (χ4n) is 1.94. The van der Waals surface area contributed by atoms with Crippen LogP contribution in [-0.2, 0) is 16.0 Å². The number of amides is 1. The number of carboxylic acid groups (broad SMARTS) is 1. The molecular formula is C15H15NO3S2. The number of rotatable bonds is 6. The van der Waals surface area contributed by atoms with Gasteiger partial charge in [0.2, 0.25) is 0 Å². The summed E-state index contributed by atoms with van der Waals surface area (Å²) in [6.45, 7) is 0.361. The normalized spacial score (nSPS) is 16.8. The quantitative estimate of drug-likeness (QED) is 0.645. The van der Waals surface area contributed by atoms with Crippen LogP contribution in [0, 0.1) is 0 Å². The number of benzene rings is 1. The molecule has 1 aromatic rings. The third-order valence-corrected chi connectivity index (χ3v) is 4.44. The van der Waals surface area contributed by atoms with E-state index in [1.54, 1.807) is 0 Å². The van der Waals surface area contributed by atoms with Gasteiger partial charge in [-0.1, -0.05) is 60.4 Å². The molecule has 0 saturated carbocycles. The van der Waals surface area contributed by atoms with E-state index < -0.39 is 5.97 Å². The lowest BCUT2D eigenvalue weighted by Crippen LogP contribution is -2.29. The number of thiocarbonyl (C=S) groups is 1. The fourth-order valence-corrected chi connectivity index (χ4v) is 3.22. The molecule has 0 spiro atoms. The first-order chi connectivity index (χ1) is 10.1. The number of carbonyl (C=O) groups is 2. The van der Waals surface area contributed by atoms with E-state index in [0.717, 1.165) is 5.56 Å². The molecule has 2 rings (SSSR count). The van der Waals surface area contributed by atoms with Crippen LogP contribution in [0.4, 0.5) is 0 Å². The van der Waals surface area contributed by atoms with Crippen LogP contribution in [0.3, 0.4) is 0 Å². The van der Waals surface area contributed by atoms with Crippen LogP contribution < -0.4 is 0 Å². The highest BCUT2D eigenvalue weighted by molar-refractivity contribution is 8.26. The van der Waals surface area contributed by atoms with E-state index in [4.69, 9.17) is 17.3 Å². The predicted octanol–water partition coefficient (Wildman–Crippen LogP) is 2.84. The monoisotopic (exact) mass is 321 g/mol. The fraction of sp³-hybridized carbons (Fsp3) is 0.267. The van der Waals surface area contributed by atoms with Crippen molar-refractivity contribution < 1.29 is 14.7 Å². The molecule has 0 atom stereocenters. The summed E-state index contributed by atoms with van der Waals surface area (Å²) in [5.74, 6) is -0.980. The summed E-state index contributed by atoms with van der Waals surface area (Å²) in [6, 6.07) is 9.88. The molecule has 0 bridgehead atoms. The maximum absolute atomic E-state index is 12.2. The highest BCUT2D eigenvalue weighted by Gasteiger charge is 2.31. The number of carbonyl (C=O) groups excluding carboxylic acids is 1. The van der Waals surface area contributed by atoms with Crippen LogP contribution in [0.15, 0.2) is 41.3 Å². The van der Waals surface area contributed by atoms with Crippen LogP contribution in [0.25, 0.3) is 0 Å². The Morgan fingerprint density at radius 3 is 2.71 bits per heavy atom. The van der Waals surface area contributed by atoms with Crippen molar-refractivity contribution in [2.24, 2.45) is 0 Å². The Labute approximate surface area is 132 Å². The van der Waals surface area contributed by atoms with Gasteiger partial charge < -0.3 is 5.11 Å². The molecule has 1 N–H and O–H groups in total. The topological polar surface area (TPSA) is 57.6 Å². The van der Waals surface area contributed by atoms with Crippen molar-refractivity contribution in [3.63, 3.8) is 0 Å². The van der Waals surface area contributed by atoms with Crippen molar-refractivity contribution >= 4 is 40.2 Å². The number of thioether (sulfide) groups is 1. The Balaban J connectivity index is 1.95. The lowest BCUT2D eigenvalue weighted by Gasteiger charge is -2.13. The molecule has 1 aliphatic rings. The Morgan fingerprint density at radius 2 is 2.05 bits per heavy atom. The largest absolute Gasteiger partial charge is 0.481 e. The summed E-state index contributed by atoms with van der Waals surface area (Å²) >= 11 is 6.47. The Hall–Kier alpha value is -1.66. The second kappa shape index (κ2) is 7.38. The van der Waals surface area contributed by atoms with Crippen LogP contribution in [0.1, 0.15) is 18.4 Å². The Kier molecular flexibility index (Phi) is 5.52. The second-order valence-electron chi connectivity index (χ2n) is 4.58. The highest BCUT2D eigenvalue weighted by Crippen LogP contribution is 2.31. The number of carboxylic acids is 1. The lowest BCUT2D eigenvalue weighted by molar-refractivity contribution is -0.137. The van der Waals surface area contributed by atoms with Crippen molar-refractivity contribution in [1.29, 1.82) is 0 Å². The van der Waals surface area contributed by atoms with Gasteiger partial charge in [-0.2, -0.15) is 0 Å². The molecule has 4 nitrogen and oxygen atoms in total. The third kappa shape index (κ3) is 4.41. The van der Waals surface area contributed by atoms with Crippen molar-refractivity contribution in [3.8, 4) is 0 Å². The van der Waals surface area contributed by atoms with Crippen molar-refractivity contribution in [1.82, 2.24) is 4.90 Å². The number of aliphatic carboxylic acids is 1. The second-order valence-corrected chi connectivity index (χ2v) is 6.26. The maximum atomic E-state index is 12.2. The van der Waals surface area contributed by atoms with Gasteiger partial charge in [0.05, 0.1) is 4.91 Å². The highest BCUT2D eigenvalue weighted by atomic mass is 32.2. The molecular weight excluding hydrogens is 306 g/mol. The molecule has 1 heterocycles. The molecule has 1 aromatic carbocycles. The van der Waals surface area contributed by atoms with Gasteiger partial charge in [-0.3, -0.25) is 14.5 Å². The average Bonchev–Trinajstić information content (AvgIpc) is 2.73. The standard InChI is InChI=1S/C15H15NO3S2/c17-13(18)7-4-10-16-14(19)12(21-15(16)20)9-8-11-5-2-1-3-6-11/h1-3,5-6,9H,4,7-8,10H2,(H,17,18)/b12-9+. The first-order valence-electron chi connectivity index (χ1n) is 6.57. The summed E-state index contributed by atoms with van der Waals surface area (Å²) in [5.41, 5.74) is 1.13. The zero-order valence-electron chi connectivity index (χ0n) is 11.3. The Morgan fingerprint density at radius 1 is 1.33 bits per heavy atom. The maximum Gasteiger partial charge on any atom is 0.303 e. The van der Waals surface area contributed by atoms with Crippen LogP contribution in [0.2, 0.25) is 0 Å². The first kappa shape index (κ1) is 15.7. The van der Waals surface area contributed by atoms with Gasteiger partial charge >= 0.3 is 5.97 Å². The van der Waals surface area contributed by atoms with Crippen molar-refractivity contribution in [3.05, 3.63) is 46.9 Å². The van der Waals surface area contributed by atoms with Gasteiger partial charge in [0.1, 0.15) is 4.32 Å². The number of hydrogen-bond donors (Lipinski definition) is 1. The summed E-state index contributed by atoms with van der Waals surface area (Å²) in [5, 5.41) is 8.63. The first-order valence-corrected chi connectivity index (χ1v) is 7.80. The molecule has 110 valence electrons. The van der Waals surface area contributed by atoms with Crippen molar-refractivity contribution in [2.75, 3.05) is 6.54 Å². The third-order valence-electron chi connectivity index (χ3n) is 3.01. The molecule has 21 heavy (non-hydrogen) atoms. The average molecular weight is 321 g/mol. The van der Waals surface area contributed by atoms with Crippen LogP contribution >= 0.6 is 24.0 Å². The Bertz CT molecular complexity index is 584. The van der Waals surface area contributed by atoms with Crippen LogP contribution in [-0.4, -0.2) is 32.7 Å². The summed E-state index contributed by atoms with van der Waals surface area (Å²) < 4.78 is 0.504. The molecule has 6 heteroatoms. The molecule has 0 aliphatic carbocycles. The minimum atomic E-state index is -0.861. The van der Waals surface area contributed by atoms with Crippen molar-refractivity contribution in [2.45, 2.75) is 19.3 Å². The summed E-state index contributed by atoms with van der Waals surface area (Å²) in [7, 11) is 0. The van der Waals surface area contributed by atoms with E-state index in [0.29, 0.717) is 28.6 Å². The number of hydrogen-bond acceptors (Lipinski definition) is 4.